The van der Waals surface area contributed by atoms with Crippen molar-refractivity contribution in [3.63, 3.8) is 0 Å². The van der Waals surface area contributed by atoms with Crippen molar-refractivity contribution in [1.29, 1.82) is 0 Å². The summed E-state index contributed by atoms with van der Waals surface area (Å²) in [7, 11) is 0. The first-order valence-electron chi connectivity index (χ1n) is 5.43. The number of nitrogens with zero attached hydrogens (tertiary/aromatic N) is 4. The van der Waals surface area contributed by atoms with E-state index in [0.717, 1.165) is 0 Å². The maximum atomic E-state index is 11.6. The van der Waals surface area contributed by atoms with Crippen LogP contribution in [0.2, 0.25) is 0 Å². The SMILES string of the molecule is Cc1nc(N)cc(Sc2n[nH]c(=O)n2C(C)C)n1. The minimum atomic E-state index is -0.230. The fourth-order valence-corrected chi connectivity index (χ4v) is 2.55. The number of nitrogen functional groups attached to an aromatic ring is 1. The van der Waals surface area contributed by atoms with Gasteiger partial charge in [0.25, 0.3) is 0 Å². The Bertz CT molecular complexity index is 597. The largest absolute Gasteiger partial charge is 0.384 e. The van der Waals surface area contributed by atoms with Crippen molar-refractivity contribution in [3.8, 4) is 0 Å². The zero-order chi connectivity index (χ0) is 13.3. The summed E-state index contributed by atoms with van der Waals surface area (Å²) in [4.78, 5) is 19.8. The molecule has 0 fully saturated rings. The van der Waals surface area contributed by atoms with Gasteiger partial charge in [-0.2, -0.15) is 0 Å². The molecule has 7 nitrogen and oxygen atoms in total. The molecule has 18 heavy (non-hydrogen) atoms. The van der Waals surface area contributed by atoms with E-state index in [1.165, 1.54) is 11.8 Å². The summed E-state index contributed by atoms with van der Waals surface area (Å²) in [5.41, 5.74) is 5.42. The molecule has 0 bridgehead atoms. The van der Waals surface area contributed by atoms with Crippen molar-refractivity contribution in [1.82, 2.24) is 24.7 Å². The lowest BCUT2D eigenvalue weighted by Crippen LogP contribution is -2.19. The molecule has 2 rings (SSSR count). The van der Waals surface area contributed by atoms with Crippen molar-refractivity contribution in [3.05, 3.63) is 22.4 Å². The Labute approximate surface area is 108 Å². The summed E-state index contributed by atoms with van der Waals surface area (Å²) >= 11 is 1.28. The van der Waals surface area contributed by atoms with Gasteiger partial charge in [0.2, 0.25) is 0 Å². The minimum absolute atomic E-state index is 0.0269. The average molecular weight is 266 g/mol. The summed E-state index contributed by atoms with van der Waals surface area (Å²) in [6, 6.07) is 1.68. The molecular weight excluding hydrogens is 252 g/mol. The van der Waals surface area contributed by atoms with Crippen molar-refractivity contribution in [2.24, 2.45) is 0 Å². The molecule has 0 aromatic carbocycles. The van der Waals surface area contributed by atoms with Crippen LogP contribution < -0.4 is 11.4 Å². The third-order valence-corrected chi connectivity index (χ3v) is 3.11. The van der Waals surface area contributed by atoms with Crippen molar-refractivity contribution in [2.45, 2.75) is 37.0 Å². The number of rotatable bonds is 3. The molecule has 96 valence electrons. The highest BCUT2D eigenvalue weighted by atomic mass is 32.2. The van der Waals surface area contributed by atoms with Crippen LogP contribution >= 0.6 is 11.8 Å². The molecule has 8 heteroatoms. The van der Waals surface area contributed by atoms with E-state index in [9.17, 15) is 4.79 Å². The number of hydrogen-bond acceptors (Lipinski definition) is 6. The van der Waals surface area contributed by atoms with E-state index in [4.69, 9.17) is 5.73 Å². The van der Waals surface area contributed by atoms with Crippen molar-refractivity contribution < 1.29 is 0 Å². The van der Waals surface area contributed by atoms with Gasteiger partial charge in [0.1, 0.15) is 16.7 Å². The molecule has 0 spiro atoms. The third-order valence-electron chi connectivity index (χ3n) is 2.22. The first-order chi connectivity index (χ1) is 8.47. The number of aryl methyl sites for hydroxylation is 1. The summed E-state index contributed by atoms with van der Waals surface area (Å²) in [5, 5.41) is 7.64. The number of hydrogen-bond donors (Lipinski definition) is 2. The van der Waals surface area contributed by atoms with Crippen LogP contribution in [0.3, 0.4) is 0 Å². The van der Waals surface area contributed by atoms with E-state index in [-0.39, 0.29) is 11.7 Å². The molecule has 2 aromatic rings. The minimum Gasteiger partial charge on any atom is -0.384 e. The Morgan fingerprint density at radius 1 is 1.44 bits per heavy atom. The number of nitrogens with two attached hydrogens (primary N) is 1. The average Bonchev–Trinajstić information content (AvgIpc) is 2.57. The van der Waals surface area contributed by atoms with Crippen LogP contribution in [-0.2, 0) is 0 Å². The Hall–Kier alpha value is -1.83. The fourth-order valence-electron chi connectivity index (χ4n) is 1.53. The van der Waals surface area contributed by atoms with Gasteiger partial charge >= 0.3 is 5.69 Å². The summed E-state index contributed by atoms with van der Waals surface area (Å²) in [5.74, 6) is 0.991. The van der Waals surface area contributed by atoms with Crippen LogP contribution in [0, 0.1) is 6.92 Å². The molecule has 0 aliphatic rings. The second kappa shape index (κ2) is 4.81. The number of nitrogens with one attached hydrogen (secondary N) is 1. The van der Waals surface area contributed by atoms with Crippen molar-refractivity contribution in [2.75, 3.05) is 5.73 Å². The van der Waals surface area contributed by atoms with Gasteiger partial charge in [0.05, 0.1) is 0 Å². The quantitative estimate of drug-likeness (QED) is 0.803. The standard InChI is InChI=1S/C10H14N6OS/c1-5(2)16-9(17)14-15-10(16)18-8-4-7(11)12-6(3)13-8/h4-5H,1-3H3,(H,14,17)(H2,11,12,13). The highest BCUT2D eigenvalue weighted by molar-refractivity contribution is 7.99. The summed E-state index contributed by atoms with van der Waals surface area (Å²) in [6.07, 6.45) is 0. The molecule has 0 atom stereocenters. The number of H-pyrrole nitrogens is 1. The van der Waals surface area contributed by atoms with Crippen LogP contribution in [0.4, 0.5) is 5.82 Å². The van der Waals surface area contributed by atoms with Gasteiger partial charge in [0, 0.05) is 12.1 Å². The van der Waals surface area contributed by atoms with Crippen LogP contribution in [0.25, 0.3) is 0 Å². The van der Waals surface area contributed by atoms with Gasteiger partial charge in [-0.15, -0.1) is 5.10 Å². The van der Waals surface area contributed by atoms with E-state index in [1.807, 2.05) is 13.8 Å². The summed E-state index contributed by atoms with van der Waals surface area (Å²) in [6.45, 7) is 5.60. The van der Waals surface area contributed by atoms with Crippen LogP contribution in [0.15, 0.2) is 21.0 Å². The maximum absolute atomic E-state index is 11.6. The Balaban J connectivity index is 2.37. The van der Waals surface area contributed by atoms with Gasteiger partial charge < -0.3 is 5.73 Å². The lowest BCUT2D eigenvalue weighted by molar-refractivity contribution is 0.534. The topological polar surface area (TPSA) is 102 Å². The highest BCUT2D eigenvalue weighted by Gasteiger charge is 2.13. The second-order valence-electron chi connectivity index (χ2n) is 4.06. The zero-order valence-corrected chi connectivity index (χ0v) is 11.2. The van der Waals surface area contributed by atoms with Crippen LogP contribution in [0.1, 0.15) is 25.7 Å². The lowest BCUT2D eigenvalue weighted by atomic mass is 10.4. The van der Waals surface area contributed by atoms with E-state index >= 15 is 0 Å². The van der Waals surface area contributed by atoms with Crippen LogP contribution in [0.5, 0.6) is 0 Å². The predicted molar refractivity (Wildman–Crippen MR) is 68.5 cm³/mol. The van der Waals surface area contributed by atoms with Gasteiger partial charge in [-0.1, -0.05) is 0 Å². The molecule has 0 amide bonds. The molecule has 0 saturated heterocycles. The third kappa shape index (κ3) is 2.53. The first kappa shape index (κ1) is 12.6. The molecule has 0 saturated carbocycles. The van der Waals surface area contributed by atoms with Gasteiger partial charge in [-0.05, 0) is 32.5 Å². The zero-order valence-electron chi connectivity index (χ0n) is 10.3. The molecular formula is C10H14N6OS. The molecule has 3 N–H and O–H groups in total. The maximum Gasteiger partial charge on any atom is 0.344 e. The summed E-state index contributed by atoms with van der Waals surface area (Å²) < 4.78 is 1.57. The Morgan fingerprint density at radius 2 is 2.17 bits per heavy atom. The highest BCUT2D eigenvalue weighted by Crippen LogP contribution is 2.25. The van der Waals surface area contributed by atoms with E-state index in [2.05, 4.69) is 20.2 Å². The van der Waals surface area contributed by atoms with Gasteiger partial charge in [-0.25, -0.2) is 19.9 Å². The lowest BCUT2D eigenvalue weighted by Gasteiger charge is -2.08. The number of aromatic amines is 1. The number of anilines is 1. The van der Waals surface area contributed by atoms with E-state index in [1.54, 1.807) is 17.6 Å². The van der Waals surface area contributed by atoms with Crippen molar-refractivity contribution >= 4 is 17.6 Å². The molecule has 0 aliphatic carbocycles. The molecule has 0 unspecified atom stereocenters. The monoisotopic (exact) mass is 266 g/mol. The fraction of sp³-hybridized carbons (Fsp3) is 0.400. The Kier molecular flexibility index (Phi) is 3.37. The molecule has 0 radical (unpaired) electrons. The Morgan fingerprint density at radius 3 is 2.78 bits per heavy atom. The van der Waals surface area contributed by atoms with E-state index < -0.39 is 0 Å². The second-order valence-corrected chi connectivity index (χ2v) is 5.04. The smallest absolute Gasteiger partial charge is 0.344 e. The van der Waals surface area contributed by atoms with E-state index in [0.29, 0.717) is 21.8 Å². The normalized spacial score (nSPS) is 11.1. The van der Waals surface area contributed by atoms with Crippen LogP contribution in [-0.4, -0.2) is 24.7 Å². The number of aromatic nitrogens is 5. The predicted octanol–water partition coefficient (Wildman–Crippen LogP) is 0.984. The van der Waals surface area contributed by atoms with Gasteiger partial charge in [-0.3, -0.25) is 4.57 Å². The first-order valence-corrected chi connectivity index (χ1v) is 6.25. The molecule has 0 aliphatic heterocycles. The molecule has 2 aromatic heterocycles. The molecule has 2 heterocycles. The van der Waals surface area contributed by atoms with Gasteiger partial charge in [0.15, 0.2) is 5.16 Å².